The van der Waals surface area contributed by atoms with Gasteiger partial charge in [-0.1, -0.05) is 60.7 Å². The van der Waals surface area contributed by atoms with Crippen molar-refractivity contribution in [2.45, 2.75) is 19.7 Å². The molecule has 8 heteroatoms. The minimum Gasteiger partial charge on any atom is -0.497 e. The van der Waals surface area contributed by atoms with Gasteiger partial charge in [0.1, 0.15) is 5.75 Å². The lowest BCUT2D eigenvalue weighted by molar-refractivity contribution is 0.0583. The zero-order chi connectivity index (χ0) is 32.8. The molecular formula is C40H26N2O6. The number of carbonyl (C=O) groups is 4. The Morgan fingerprint density at radius 2 is 0.792 bits per heavy atom. The number of hydrogen-bond acceptors (Lipinski definition) is 6. The first-order chi connectivity index (χ1) is 23.4. The molecule has 232 valence electrons. The summed E-state index contributed by atoms with van der Waals surface area (Å²) in [4.78, 5) is 58.1. The smallest absolute Gasteiger partial charge is 0.261 e. The maximum atomic E-state index is 13.9. The Balaban J connectivity index is 1.19. The molecule has 0 spiro atoms. The molecule has 1 N–H and O–H groups in total. The Bertz CT molecular complexity index is 2260. The second-order valence-corrected chi connectivity index (χ2v) is 12.4. The van der Waals surface area contributed by atoms with E-state index < -0.39 is 0 Å². The van der Waals surface area contributed by atoms with Crippen molar-refractivity contribution < 1.29 is 29.0 Å². The molecule has 0 aromatic heterocycles. The van der Waals surface area contributed by atoms with E-state index >= 15 is 0 Å². The van der Waals surface area contributed by atoms with Gasteiger partial charge in [-0.2, -0.15) is 0 Å². The van der Waals surface area contributed by atoms with Crippen LogP contribution >= 0.6 is 0 Å². The fourth-order valence-electron chi connectivity index (χ4n) is 7.50. The molecule has 0 unspecified atom stereocenters. The normalized spacial score (nSPS) is 14.4. The summed E-state index contributed by atoms with van der Waals surface area (Å²) in [6.07, 6.45) is 0. The van der Waals surface area contributed by atoms with E-state index in [2.05, 4.69) is 0 Å². The summed E-state index contributed by atoms with van der Waals surface area (Å²) in [5, 5.41) is 15.6. The van der Waals surface area contributed by atoms with Gasteiger partial charge in [-0.3, -0.25) is 29.0 Å². The summed E-state index contributed by atoms with van der Waals surface area (Å²) >= 11 is 0. The van der Waals surface area contributed by atoms with E-state index in [0.717, 1.165) is 49.0 Å². The first-order valence-electron chi connectivity index (χ1n) is 15.6. The topological polar surface area (TPSA) is 104 Å². The van der Waals surface area contributed by atoms with Crippen molar-refractivity contribution >= 4 is 66.7 Å². The first-order valence-corrected chi connectivity index (χ1v) is 15.6. The van der Waals surface area contributed by atoms with Crippen LogP contribution in [0, 0.1) is 0 Å². The van der Waals surface area contributed by atoms with Crippen molar-refractivity contribution in [3.05, 3.63) is 136 Å². The number of methoxy groups -OCH3 is 1. The number of hydrogen-bond donors (Lipinski definition) is 1. The molecule has 2 aliphatic rings. The van der Waals surface area contributed by atoms with Gasteiger partial charge in [0, 0.05) is 33.0 Å². The van der Waals surface area contributed by atoms with Gasteiger partial charge in [0.05, 0.1) is 26.8 Å². The maximum absolute atomic E-state index is 13.9. The van der Waals surface area contributed by atoms with Crippen LogP contribution < -0.4 is 4.74 Å². The highest BCUT2D eigenvalue weighted by molar-refractivity contribution is 6.41. The molecule has 0 atom stereocenters. The van der Waals surface area contributed by atoms with Crippen molar-refractivity contribution in [3.8, 4) is 5.75 Å². The van der Waals surface area contributed by atoms with Crippen LogP contribution in [0.2, 0.25) is 0 Å². The van der Waals surface area contributed by atoms with Crippen molar-refractivity contribution in [3.63, 3.8) is 0 Å². The number of amides is 4. The van der Waals surface area contributed by atoms with Gasteiger partial charge in [0.15, 0.2) is 0 Å². The molecule has 7 aromatic rings. The molecule has 4 amide bonds. The molecule has 0 bridgehead atoms. The van der Waals surface area contributed by atoms with Crippen LogP contribution in [0.4, 0.5) is 0 Å². The number of rotatable bonds is 6. The lowest BCUT2D eigenvalue weighted by Gasteiger charge is -2.30. The molecule has 0 fully saturated rings. The van der Waals surface area contributed by atoms with E-state index in [4.69, 9.17) is 4.74 Å². The Morgan fingerprint density at radius 3 is 1.12 bits per heavy atom. The number of benzene rings is 7. The first kappa shape index (κ1) is 28.1. The number of aliphatic hydroxyl groups excluding tert-OH is 1. The van der Waals surface area contributed by atoms with E-state index in [0.29, 0.717) is 38.8 Å². The number of imide groups is 2. The van der Waals surface area contributed by atoms with Gasteiger partial charge in [0.2, 0.25) is 0 Å². The van der Waals surface area contributed by atoms with Crippen LogP contribution in [0.5, 0.6) is 5.75 Å². The predicted octanol–water partition coefficient (Wildman–Crippen LogP) is 6.83. The molecule has 0 radical (unpaired) electrons. The van der Waals surface area contributed by atoms with E-state index in [-0.39, 0.29) is 43.3 Å². The zero-order valence-electron chi connectivity index (χ0n) is 25.7. The number of carbonyl (C=O) groups excluding carboxylic acids is 4. The van der Waals surface area contributed by atoms with Crippen LogP contribution in [0.25, 0.3) is 43.1 Å². The molecular weight excluding hydrogens is 604 g/mol. The summed E-state index contributed by atoms with van der Waals surface area (Å²) in [5.74, 6) is -0.759. The lowest BCUT2D eigenvalue weighted by atomic mass is 9.82. The monoisotopic (exact) mass is 630 g/mol. The minimum atomic E-state index is -0.369. The second-order valence-electron chi connectivity index (χ2n) is 12.4. The fourth-order valence-corrected chi connectivity index (χ4v) is 7.50. The molecule has 7 aromatic carbocycles. The van der Waals surface area contributed by atoms with Gasteiger partial charge in [-0.25, -0.2) is 0 Å². The summed E-state index contributed by atoms with van der Waals surface area (Å²) in [5.41, 5.74) is 4.16. The van der Waals surface area contributed by atoms with E-state index in [1.54, 1.807) is 55.6 Å². The molecule has 2 heterocycles. The largest absolute Gasteiger partial charge is 0.497 e. The molecule has 48 heavy (non-hydrogen) atoms. The summed E-state index contributed by atoms with van der Waals surface area (Å²) in [7, 11) is 1.59. The van der Waals surface area contributed by atoms with Crippen LogP contribution in [0.3, 0.4) is 0 Å². The highest BCUT2D eigenvalue weighted by Gasteiger charge is 2.37. The highest BCUT2D eigenvalue weighted by atomic mass is 16.5. The molecule has 8 nitrogen and oxygen atoms in total. The third-order valence-corrected chi connectivity index (χ3v) is 9.85. The maximum Gasteiger partial charge on any atom is 0.261 e. The number of ether oxygens (including phenoxy) is 1. The van der Waals surface area contributed by atoms with Crippen molar-refractivity contribution in [1.82, 2.24) is 9.80 Å². The zero-order valence-corrected chi connectivity index (χ0v) is 25.7. The lowest BCUT2D eigenvalue weighted by Crippen LogP contribution is -2.40. The van der Waals surface area contributed by atoms with E-state index in [1.807, 2.05) is 48.5 Å². The van der Waals surface area contributed by atoms with Gasteiger partial charge in [-0.05, 0) is 85.4 Å². The number of fused-ring (bicyclic) bond motifs is 2. The minimum absolute atomic E-state index is 0.0863. The van der Waals surface area contributed by atoms with Crippen LogP contribution in [-0.4, -0.2) is 45.6 Å². The Hall–Kier alpha value is -6.12. The molecule has 0 saturated carbocycles. The van der Waals surface area contributed by atoms with Gasteiger partial charge < -0.3 is 9.84 Å². The summed E-state index contributed by atoms with van der Waals surface area (Å²) < 4.78 is 5.25. The van der Waals surface area contributed by atoms with Crippen LogP contribution in [-0.2, 0) is 19.7 Å². The van der Waals surface area contributed by atoms with Crippen molar-refractivity contribution in [2.24, 2.45) is 0 Å². The molecule has 9 rings (SSSR count). The number of nitrogens with zero attached hydrogens (tertiary/aromatic N) is 2. The third kappa shape index (κ3) is 3.80. The standard InChI is InChI=1S/C40H26N2O6/c1-48-24-8-6-22(7-9-24)19-42-39(46)31-16-12-27-25-10-14-29-35-30(38(45)41(37(29)44)18-21-2-4-23(20-43)5-3-21)15-11-26(33(25)35)28-13-17-32(40(42)47)36(31)34(27)28/h2-17,43H,18-20H2,1H3. The predicted molar refractivity (Wildman–Crippen MR) is 181 cm³/mol. The quantitative estimate of drug-likeness (QED) is 0.123. The van der Waals surface area contributed by atoms with E-state index in [9.17, 15) is 24.3 Å². The van der Waals surface area contributed by atoms with Gasteiger partial charge in [-0.15, -0.1) is 0 Å². The molecule has 2 aliphatic heterocycles. The van der Waals surface area contributed by atoms with Crippen molar-refractivity contribution in [2.75, 3.05) is 7.11 Å². The summed E-state index contributed by atoms with van der Waals surface area (Å²) in [6, 6.07) is 29.2. The second kappa shape index (κ2) is 10.2. The third-order valence-electron chi connectivity index (χ3n) is 9.85. The Morgan fingerprint density at radius 1 is 0.458 bits per heavy atom. The molecule has 0 aliphatic carbocycles. The van der Waals surface area contributed by atoms with Gasteiger partial charge >= 0.3 is 0 Å². The Labute approximate surface area is 273 Å². The van der Waals surface area contributed by atoms with E-state index in [1.165, 1.54) is 9.80 Å². The van der Waals surface area contributed by atoms with Crippen LogP contribution in [0.1, 0.15) is 58.1 Å². The average molecular weight is 631 g/mol. The fraction of sp³-hybridized carbons (Fsp3) is 0.100. The van der Waals surface area contributed by atoms with Crippen molar-refractivity contribution in [1.29, 1.82) is 0 Å². The molecule has 0 saturated heterocycles. The van der Waals surface area contributed by atoms with Gasteiger partial charge in [0.25, 0.3) is 23.6 Å². The highest BCUT2D eigenvalue weighted by Crippen LogP contribution is 2.46. The SMILES string of the molecule is COc1ccc(CN2C(=O)c3ccc4c5ccc6c7c(ccc(c8ccc(c3c48)C2=O)c75)C(=O)N(Cc2ccc(CO)cc2)C6=O)cc1. The average Bonchev–Trinajstić information content (AvgIpc) is 3.13. The summed E-state index contributed by atoms with van der Waals surface area (Å²) in [6.45, 7) is 0.156. The Kier molecular flexibility index (Phi) is 5.97. The van der Waals surface area contributed by atoms with Crippen LogP contribution in [0.15, 0.2) is 97.1 Å². The number of aliphatic hydroxyl groups is 1.